The lowest BCUT2D eigenvalue weighted by Gasteiger charge is -2.27. The Hall–Kier alpha value is -0.550. The summed E-state index contributed by atoms with van der Waals surface area (Å²) in [4.78, 5) is 3.59. The summed E-state index contributed by atoms with van der Waals surface area (Å²) >= 11 is 1.72. The van der Waals surface area contributed by atoms with Crippen molar-refractivity contribution < 1.29 is 9.84 Å². The maximum absolute atomic E-state index is 10.2. The lowest BCUT2D eigenvalue weighted by Crippen LogP contribution is -2.37. The number of morpholine rings is 1. The van der Waals surface area contributed by atoms with Gasteiger partial charge in [0.15, 0.2) is 0 Å². The second kappa shape index (κ2) is 7.14. The lowest BCUT2D eigenvalue weighted by molar-refractivity contribution is 0.0300. The predicted octanol–water partition coefficient (Wildman–Crippen LogP) is 2.16. The van der Waals surface area contributed by atoms with Gasteiger partial charge in [0.2, 0.25) is 0 Å². The van der Waals surface area contributed by atoms with Crippen LogP contribution >= 0.6 is 11.8 Å². The van der Waals surface area contributed by atoms with Crippen molar-refractivity contribution in [2.75, 3.05) is 39.1 Å². The minimum absolute atomic E-state index is 0.358. The first-order valence-corrected chi connectivity index (χ1v) is 7.64. The van der Waals surface area contributed by atoms with E-state index in [1.807, 2.05) is 12.1 Å². The fraction of sp³-hybridized carbons (Fsp3) is 0.571. The number of benzene rings is 1. The monoisotopic (exact) mass is 267 g/mol. The molecule has 0 aliphatic carbocycles. The van der Waals surface area contributed by atoms with E-state index in [2.05, 4.69) is 23.3 Å². The second-order valence-electron chi connectivity index (χ2n) is 4.53. The van der Waals surface area contributed by atoms with Crippen LogP contribution in [0.2, 0.25) is 0 Å². The number of thioether (sulfide) groups is 1. The number of hydrogen-bond acceptors (Lipinski definition) is 4. The molecule has 0 aromatic heterocycles. The molecule has 1 saturated heterocycles. The van der Waals surface area contributed by atoms with E-state index in [0.717, 1.165) is 44.8 Å². The van der Waals surface area contributed by atoms with Crippen LogP contribution in [0.15, 0.2) is 29.2 Å². The van der Waals surface area contributed by atoms with Gasteiger partial charge in [-0.1, -0.05) is 12.1 Å². The summed E-state index contributed by atoms with van der Waals surface area (Å²) in [6.07, 6.45) is 2.49. The topological polar surface area (TPSA) is 32.7 Å². The molecule has 1 aliphatic rings. The summed E-state index contributed by atoms with van der Waals surface area (Å²) in [7, 11) is 0. The second-order valence-corrected chi connectivity index (χ2v) is 5.41. The highest BCUT2D eigenvalue weighted by atomic mass is 32.2. The highest BCUT2D eigenvalue weighted by Gasteiger charge is 2.13. The number of hydrogen-bond donors (Lipinski definition) is 1. The zero-order valence-corrected chi connectivity index (χ0v) is 11.7. The largest absolute Gasteiger partial charge is 0.388 e. The molecular weight excluding hydrogens is 246 g/mol. The van der Waals surface area contributed by atoms with Crippen molar-refractivity contribution >= 4 is 11.8 Å². The van der Waals surface area contributed by atoms with E-state index in [1.165, 1.54) is 4.90 Å². The summed E-state index contributed by atoms with van der Waals surface area (Å²) in [5, 5.41) is 10.2. The Morgan fingerprint density at radius 3 is 2.56 bits per heavy atom. The van der Waals surface area contributed by atoms with Crippen molar-refractivity contribution in [2.45, 2.75) is 17.4 Å². The molecule has 4 heteroatoms. The quantitative estimate of drug-likeness (QED) is 0.829. The highest BCUT2D eigenvalue weighted by Crippen LogP contribution is 2.21. The van der Waals surface area contributed by atoms with E-state index in [4.69, 9.17) is 4.74 Å². The number of aliphatic hydroxyl groups excluding tert-OH is 1. The third-order valence-electron chi connectivity index (χ3n) is 3.32. The Morgan fingerprint density at radius 2 is 1.94 bits per heavy atom. The van der Waals surface area contributed by atoms with E-state index in [0.29, 0.717) is 0 Å². The van der Waals surface area contributed by atoms with Crippen LogP contribution in [0.5, 0.6) is 0 Å². The maximum Gasteiger partial charge on any atom is 0.0802 e. The third-order valence-corrected chi connectivity index (χ3v) is 4.07. The van der Waals surface area contributed by atoms with Crippen LogP contribution in [-0.4, -0.2) is 49.1 Å². The molecule has 18 heavy (non-hydrogen) atoms. The van der Waals surface area contributed by atoms with Gasteiger partial charge >= 0.3 is 0 Å². The minimum atomic E-state index is -0.358. The Bertz CT molecular complexity index is 349. The molecule has 100 valence electrons. The molecule has 2 rings (SSSR count). The van der Waals surface area contributed by atoms with Crippen LogP contribution in [0.1, 0.15) is 18.1 Å². The molecule has 1 heterocycles. The van der Waals surface area contributed by atoms with Crippen LogP contribution < -0.4 is 0 Å². The van der Waals surface area contributed by atoms with Crippen LogP contribution in [0, 0.1) is 0 Å². The van der Waals surface area contributed by atoms with Crippen molar-refractivity contribution in [3.63, 3.8) is 0 Å². The van der Waals surface area contributed by atoms with Gasteiger partial charge in [0.05, 0.1) is 19.3 Å². The molecule has 0 spiro atoms. The van der Waals surface area contributed by atoms with E-state index in [9.17, 15) is 5.11 Å². The van der Waals surface area contributed by atoms with Crippen LogP contribution in [-0.2, 0) is 4.74 Å². The molecule has 1 fully saturated rings. The molecule has 1 aliphatic heterocycles. The van der Waals surface area contributed by atoms with E-state index in [-0.39, 0.29) is 6.10 Å². The standard InChI is InChI=1S/C14H21NO2S/c1-18-13-4-2-12(3-5-13)14(16)6-7-15-8-10-17-11-9-15/h2-5,14,16H,6-11H2,1H3. The van der Waals surface area contributed by atoms with Crippen molar-refractivity contribution in [3.05, 3.63) is 29.8 Å². The zero-order chi connectivity index (χ0) is 12.8. The van der Waals surface area contributed by atoms with Gasteiger partial charge in [0.1, 0.15) is 0 Å². The third kappa shape index (κ3) is 3.99. The highest BCUT2D eigenvalue weighted by molar-refractivity contribution is 7.98. The SMILES string of the molecule is CSc1ccc(C(O)CCN2CCOCC2)cc1. The molecule has 0 radical (unpaired) electrons. The molecule has 1 atom stereocenters. The van der Waals surface area contributed by atoms with Gasteiger partial charge in [-0.05, 0) is 30.4 Å². The first-order chi connectivity index (χ1) is 8.79. The van der Waals surface area contributed by atoms with Crippen molar-refractivity contribution in [2.24, 2.45) is 0 Å². The molecule has 1 unspecified atom stereocenters. The van der Waals surface area contributed by atoms with Gasteiger partial charge in [-0.15, -0.1) is 11.8 Å². The average Bonchev–Trinajstić information content (AvgIpc) is 2.46. The lowest BCUT2D eigenvalue weighted by atomic mass is 10.1. The first kappa shape index (κ1) is 13.9. The molecular formula is C14H21NO2S. The van der Waals surface area contributed by atoms with Crippen LogP contribution in [0.4, 0.5) is 0 Å². The molecule has 1 aromatic carbocycles. The summed E-state index contributed by atoms with van der Waals surface area (Å²) in [5.41, 5.74) is 1.01. The molecule has 0 bridgehead atoms. The van der Waals surface area contributed by atoms with E-state index in [1.54, 1.807) is 11.8 Å². The molecule has 3 nitrogen and oxygen atoms in total. The van der Waals surface area contributed by atoms with Gasteiger partial charge < -0.3 is 9.84 Å². The Morgan fingerprint density at radius 1 is 1.28 bits per heavy atom. The summed E-state index contributed by atoms with van der Waals surface area (Å²) in [6.45, 7) is 4.54. The number of nitrogens with zero attached hydrogens (tertiary/aromatic N) is 1. The fourth-order valence-corrected chi connectivity index (χ4v) is 2.53. The number of ether oxygens (including phenoxy) is 1. The predicted molar refractivity (Wildman–Crippen MR) is 75.1 cm³/mol. The molecule has 1 aromatic rings. The maximum atomic E-state index is 10.2. The number of rotatable bonds is 5. The molecule has 0 amide bonds. The van der Waals surface area contributed by atoms with Crippen molar-refractivity contribution in [3.8, 4) is 0 Å². The van der Waals surface area contributed by atoms with Gasteiger partial charge in [-0.25, -0.2) is 0 Å². The van der Waals surface area contributed by atoms with E-state index < -0.39 is 0 Å². The van der Waals surface area contributed by atoms with Crippen LogP contribution in [0.25, 0.3) is 0 Å². The Kier molecular flexibility index (Phi) is 5.50. The normalized spacial score (nSPS) is 18.8. The molecule has 0 saturated carbocycles. The van der Waals surface area contributed by atoms with Crippen molar-refractivity contribution in [1.29, 1.82) is 0 Å². The first-order valence-electron chi connectivity index (χ1n) is 6.41. The Balaban J connectivity index is 1.80. The summed E-state index contributed by atoms with van der Waals surface area (Å²) < 4.78 is 5.31. The zero-order valence-electron chi connectivity index (χ0n) is 10.8. The average molecular weight is 267 g/mol. The fourth-order valence-electron chi connectivity index (χ4n) is 2.12. The molecule has 1 N–H and O–H groups in total. The summed E-state index contributed by atoms with van der Waals surface area (Å²) in [6, 6.07) is 8.18. The van der Waals surface area contributed by atoms with Gasteiger partial charge in [0, 0.05) is 24.5 Å². The van der Waals surface area contributed by atoms with Gasteiger partial charge in [-0.2, -0.15) is 0 Å². The minimum Gasteiger partial charge on any atom is -0.388 e. The summed E-state index contributed by atoms with van der Waals surface area (Å²) in [5.74, 6) is 0. The Labute approximate surface area is 113 Å². The number of aliphatic hydroxyl groups is 1. The smallest absolute Gasteiger partial charge is 0.0802 e. The van der Waals surface area contributed by atoms with Crippen LogP contribution in [0.3, 0.4) is 0 Å². The van der Waals surface area contributed by atoms with Gasteiger partial charge in [0.25, 0.3) is 0 Å². The van der Waals surface area contributed by atoms with E-state index >= 15 is 0 Å². The van der Waals surface area contributed by atoms with Crippen molar-refractivity contribution in [1.82, 2.24) is 4.90 Å². The van der Waals surface area contributed by atoms with Gasteiger partial charge in [-0.3, -0.25) is 4.90 Å².